The van der Waals surface area contributed by atoms with Crippen LogP contribution in [0.4, 0.5) is 5.13 Å². The minimum Gasteiger partial charge on any atom is -0.420 e. The van der Waals surface area contributed by atoms with Gasteiger partial charge < -0.3 is 15.0 Å². The minimum atomic E-state index is -0.868. The second-order valence-electron chi connectivity index (χ2n) is 9.76. The number of benzene rings is 1. The number of rotatable bonds is 5. The molecule has 8 nitrogen and oxygen atoms in total. The Labute approximate surface area is 219 Å². The third-order valence-corrected chi connectivity index (χ3v) is 7.22. The molecule has 0 fully saturated rings. The molecular formula is C28H27N5O3S. The zero-order chi connectivity index (χ0) is 26.3. The van der Waals surface area contributed by atoms with E-state index in [0.717, 1.165) is 22.4 Å². The monoisotopic (exact) mass is 513 g/mol. The van der Waals surface area contributed by atoms with Crippen LogP contribution in [0.15, 0.2) is 60.1 Å². The summed E-state index contributed by atoms with van der Waals surface area (Å²) in [7, 11) is 3.45. The Morgan fingerprint density at radius 1 is 0.973 bits per heavy atom. The molecule has 9 heteroatoms. The molecule has 4 aromatic rings. The first-order chi connectivity index (χ1) is 17.6. The number of fused-ring (bicyclic) bond motifs is 2. The molecule has 1 aromatic carbocycles. The van der Waals surface area contributed by atoms with Crippen molar-refractivity contribution in [3.63, 3.8) is 0 Å². The number of carbonyl (C=O) groups is 2. The van der Waals surface area contributed by atoms with Crippen molar-refractivity contribution in [2.24, 2.45) is 5.41 Å². The molecule has 2 amide bonds. The van der Waals surface area contributed by atoms with Gasteiger partial charge in [0.2, 0.25) is 17.7 Å². The molecule has 3 aromatic heterocycles. The highest BCUT2D eigenvalue weighted by Crippen LogP contribution is 2.51. The number of hydrogen-bond acceptors (Lipinski definition) is 7. The lowest BCUT2D eigenvalue weighted by Crippen LogP contribution is -2.38. The summed E-state index contributed by atoms with van der Waals surface area (Å²) in [6, 6.07) is 15.1. The van der Waals surface area contributed by atoms with Crippen molar-refractivity contribution in [2.45, 2.75) is 26.7 Å². The summed E-state index contributed by atoms with van der Waals surface area (Å²) >= 11 is 1.37. The number of nitrogens with one attached hydrogen (secondary N) is 1. The summed E-state index contributed by atoms with van der Waals surface area (Å²) < 4.78 is 6.20. The molecule has 0 bridgehead atoms. The van der Waals surface area contributed by atoms with E-state index in [1.54, 1.807) is 37.3 Å². The Morgan fingerprint density at radius 2 is 1.65 bits per heavy atom. The minimum absolute atomic E-state index is 0.0626. The number of aromatic nitrogens is 3. The molecule has 0 spiro atoms. The molecular weight excluding hydrogens is 486 g/mol. The second-order valence-corrected chi connectivity index (χ2v) is 10.7. The van der Waals surface area contributed by atoms with Gasteiger partial charge in [0.15, 0.2) is 5.13 Å². The van der Waals surface area contributed by atoms with E-state index in [1.807, 2.05) is 62.5 Å². The van der Waals surface area contributed by atoms with E-state index in [2.05, 4.69) is 15.3 Å². The first-order valence-corrected chi connectivity index (χ1v) is 12.7. The van der Waals surface area contributed by atoms with Gasteiger partial charge in [-0.25, -0.2) is 15.0 Å². The summed E-state index contributed by atoms with van der Waals surface area (Å²) in [5.74, 6) is 0.298. The van der Waals surface area contributed by atoms with Crippen molar-refractivity contribution in [1.29, 1.82) is 0 Å². The summed E-state index contributed by atoms with van der Waals surface area (Å²) in [5.41, 5.74) is 3.73. The second kappa shape index (κ2) is 9.40. The van der Waals surface area contributed by atoms with E-state index >= 15 is 0 Å². The van der Waals surface area contributed by atoms with Crippen LogP contribution in [0.3, 0.4) is 0 Å². The number of aryl methyl sites for hydroxylation is 1. The number of nitrogens with zero attached hydrogens (tertiary/aromatic N) is 4. The van der Waals surface area contributed by atoms with Crippen LogP contribution in [0.25, 0.3) is 11.3 Å². The van der Waals surface area contributed by atoms with Crippen LogP contribution in [0.5, 0.6) is 11.8 Å². The molecule has 1 N–H and O–H groups in total. The maximum atomic E-state index is 13.5. The van der Waals surface area contributed by atoms with Gasteiger partial charge in [0.05, 0.1) is 11.1 Å². The standard InChI is InChI=1S/C28H27N5O3S/c1-16-6-11-19-22(28(2,3)26(35)32-27-29-14-15-37-27)20-12-13-21(31-24(20)36-23(19)30-16)17-7-9-18(10-8-17)25(34)33(4)5/h6-15,22H,1-5H3,(H,29,32,35)/t22-/m0/s1. The molecule has 0 saturated heterocycles. The zero-order valence-corrected chi connectivity index (χ0v) is 22.1. The van der Waals surface area contributed by atoms with E-state index in [9.17, 15) is 9.59 Å². The molecule has 0 unspecified atom stereocenters. The number of anilines is 1. The van der Waals surface area contributed by atoms with E-state index in [4.69, 9.17) is 9.72 Å². The number of ether oxygens (including phenoxy) is 1. The number of pyridine rings is 2. The third kappa shape index (κ3) is 4.58. The molecule has 188 valence electrons. The number of amides is 2. The van der Waals surface area contributed by atoms with E-state index in [0.29, 0.717) is 28.1 Å². The van der Waals surface area contributed by atoms with Gasteiger partial charge in [-0.1, -0.05) is 38.1 Å². The highest BCUT2D eigenvalue weighted by Gasteiger charge is 2.44. The average molecular weight is 514 g/mol. The average Bonchev–Trinajstić information content (AvgIpc) is 3.39. The third-order valence-electron chi connectivity index (χ3n) is 6.53. The fourth-order valence-corrected chi connectivity index (χ4v) is 5.04. The van der Waals surface area contributed by atoms with Crippen LogP contribution in [-0.2, 0) is 4.79 Å². The highest BCUT2D eigenvalue weighted by atomic mass is 32.1. The van der Waals surface area contributed by atoms with Gasteiger partial charge in [0.25, 0.3) is 5.91 Å². The van der Waals surface area contributed by atoms with Gasteiger partial charge in [0.1, 0.15) is 0 Å². The predicted molar refractivity (Wildman–Crippen MR) is 143 cm³/mol. The maximum absolute atomic E-state index is 13.5. The fourth-order valence-electron chi connectivity index (χ4n) is 4.51. The molecule has 1 aliphatic rings. The van der Waals surface area contributed by atoms with Crippen LogP contribution in [-0.4, -0.2) is 45.8 Å². The lowest BCUT2D eigenvalue weighted by molar-refractivity contribution is -0.124. The fraction of sp³-hybridized carbons (Fsp3) is 0.250. The lowest BCUT2D eigenvalue weighted by atomic mass is 9.70. The molecule has 0 radical (unpaired) electrons. The Bertz CT molecular complexity index is 1480. The lowest BCUT2D eigenvalue weighted by Gasteiger charge is -2.37. The van der Waals surface area contributed by atoms with Crippen molar-refractivity contribution in [1.82, 2.24) is 19.9 Å². The van der Waals surface area contributed by atoms with Crippen LogP contribution in [0.2, 0.25) is 0 Å². The van der Waals surface area contributed by atoms with Crippen LogP contribution < -0.4 is 10.1 Å². The van der Waals surface area contributed by atoms with Crippen molar-refractivity contribution in [2.75, 3.05) is 19.4 Å². The van der Waals surface area contributed by atoms with Crippen LogP contribution in [0.1, 0.15) is 46.9 Å². The number of hydrogen-bond donors (Lipinski definition) is 1. The predicted octanol–water partition coefficient (Wildman–Crippen LogP) is 5.51. The summed E-state index contributed by atoms with van der Waals surface area (Å²) in [6.07, 6.45) is 1.66. The SMILES string of the molecule is Cc1ccc2c(n1)Oc1nc(-c3ccc(C(=O)N(C)C)cc3)ccc1[C@H]2C(C)(C)C(=O)Nc1nccs1. The van der Waals surface area contributed by atoms with E-state index in [1.165, 1.54) is 11.3 Å². The van der Waals surface area contributed by atoms with Crippen LogP contribution >= 0.6 is 11.3 Å². The topological polar surface area (TPSA) is 97.3 Å². The van der Waals surface area contributed by atoms with Crippen molar-refractivity contribution < 1.29 is 14.3 Å². The largest absolute Gasteiger partial charge is 0.420 e. The quantitative estimate of drug-likeness (QED) is 0.378. The summed E-state index contributed by atoms with van der Waals surface area (Å²) in [5, 5.41) is 5.32. The maximum Gasteiger partial charge on any atom is 0.253 e. The molecule has 1 atom stereocenters. The summed E-state index contributed by atoms with van der Waals surface area (Å²) in [4.78, 5) is 40.9. The number of carbonyl (C=O) groups excluding carboxylic acids is 2. The molecule has 5 rings (SSSR count). The Balaban J connectivity index is 1.55. The smallest absolute Gasteiger partial charge is 0.253 e. The Kier molecular flexibility index (Phi) is 6.25. The van der Waals surface area contributed by atoms with E-state index in [-0.39, 0.29) is 17.7 Å². The van der Waals surface area contributed by atoms with Crippen molar-refractivity contribution in [3.05, 3.63) is 82.5 Å². The van der Waals surface area contributed by atoms with Gasteiger partial charge in [-0.3, -0.25) is 9.59 Å². The molecule has 37 heavy (non-hydrogen) atoms. The van der Waals surface area contributed by atoms with Gasteiger partial charge >= 0.3 is 0 Å². The zero-order valence-electron chi connectivity index (χ0n) is 21.3. The molecule has 0 aliphatic carbocycles. The van der Waals surface area contributed by atoms with Crippen LogP contribution in [0, 0.1) is 12.3 Å². The summed E-state index contributed by atoms with van der Waals surface area (Å²) in [6.45, 7) is 5.72. The van der Waals surface area contributed by atoms with Gasteiger partial charge in [-0.05, 0) is 31.2 Å². The van der Waals surface area contributed by atoms with Crippen molar-refractivity contribution in [3.8, 4) is 23.0 Å². The van der Waals surface area contributed by atoms with Gasteiger partial charge in [-0.15, -0.1) is 11.3 Å². The van der Waals surface area contributed by atoms with Crippen molar-refractivity contribution >= 4 is 28.3 Å². The Hall–Kier alpha value is -4.11. The molecule has 4 heterocycles. The number of thiazole rings is 1. The van der Waals surface area contributed by atoms with Gasteiger partial charge in [-0.2, -0.15) is 0 Å². The first kappa shape index (κ1) is 24.6. The van der Waals surface area contributed by atoms with E-state index < -0.39 is 5.41 Å². The normalized spacial score (nSPS) is 14.2. The Morgan fingerprint density at radius 3 is 2.30 bits per heavy atom. The highest BCUT2D eigenvalue weighted by molar-refractivity contribution is 7.13. The van der Waals surface area contributed by atoms with Gasteiger partial charge in [0, 0.05) is 59.5 Å². The first-order valence-electron chi connectivity index (χ1n) is 11.8. The molecule has 0 saturated carbocycles. The molecule has 1 aliphatic heterocycles.